The smallest absolute Gasteiger partial charge is 0.0641 e. The van der Waals surface area contributed by atoms with Gasteiger partial charge in [-0.2, -0.15) is 5.10 Å². The Morgan fingerprint density at radius 1 is 1.25 bits per heavy atom. The maximum Gasteiger partial charge on any atom is 0.0641 e. The van der Waals surface area contributed by atoms with Crippen molar-refractivity contribution >= 4 is 0 Å². The summed E-state index contributed by atoms with van der Waals surface area (Å²) in [7, 11) is 4.06. The first kappa shape index (κ1) is 14.8. The zero-order chi connectivity index (χ0) is 14.7. The Labute approximate surface area is 121 Å². The third-order valence-electron chi connectivity index (χ3n) is 3.72. The zero-order valence-corrected chi connectivity index (χ0v) is 12.8. The molecular formula is C16H24N4. The van der Waals surface area contributed by atoms with Gasteiger partial charge in [0.1, 0.15) is 0 Å². The van der Waals surface area contributed by atoms with Gasteiger partial charge < -0.3 is 5.73 Å². The molecule has 1 heterocycles. The molecule has 1 atom stereocenters. The molecule has 0 spiro atoms. The van der Waals surface area contributed by atoms with Crippen molar-refractivity contribution in [2.75, 3.05) is 13.6 Å². The Morgan fingerprint density at radius 2 is 1.90 bits per heavy atom. The van der Waals surface area contributed by atoms with Crippen LogP contribution in [-0.2, 0) is 13.6 Å². The van der Waals surface area contributed by atoms with Crippen LogP contribution < -0.4 is 5.73 Å². The first-order valence-corrected chi connectivity index (χ1v) is 6.97. The molecule has 2 rings (SSSR count). The van der Waals surface area contributed by atoms with Crippen molar-refractivity contribution < 1.29 is 0 Å². The molecular weight excluding hydrogens is 248 g/mol. The Hall–Kier alpha value is -1.65. The standard InChI is InChI=1S/C16H24N4/c1-12-5-7-14(8-6-12)10-19(3)16(9-17)15-11-20(4)18-13(15)2/h5-8,11,16H,9-10,17H2,1-4H3. The predicted octanol–water partition coefficient (Wildman–Crippen LogP) is 2.17. The summed E-state index contributed by atoms with van der Waals surface area (Å²) in [6.07, 6.45) is 2.07. The molecule has 4 nitrogen and oxygen atoms in total. The highest BCUT2D eigenvalue weighted by molar-refractivity contribution is 5.23. The molecule has 0 saturated heterocycles. The van der Waals surface area contributed by atoms with E-state index in [4.69, 9.17) is 5.73 Å². The lowest BCUT2D eigenvalue weighted by Gasteiger charge is -2.27. The molecule has 0 amide bonds. The molecule has 4 heteroatoms. The van der Waals surface area contributed by atoms with Crippen LogP contribution >= 0.6 is 0 Å². The van der Waals surface area contributed by atoms with Crippen LogP contribution in [0.4, 0.5) is 0 Å². The lowest BCUT2D eigenvalue weighted by atomic mass is 10.1. The Balaban J connectivity index is 2.15. The SMILES string of the molecule is Cc1ccc(CN(C)C(CN)c2cn(C)nc2C)cc1. The molecule has 1 aromatic heterocycles. The fourth-order valence-electron chi connectivity index (χ4n) is 2.58. The normalized spacial score (nSPS) is 12.9. The fourth-order valence-corrected chi connectivity index (χ4v) is 2.58. The van der Waals surface area contributed by atoms with Crippen LogP contribution in [0, 0.1) is 13.8 Å². The summed E-state index contributed by atoms with van der Waals surface area (Å²) in [4.78, 5) is 2.29. The number of rotatable bonds is 5. The fraction of sp³-hybridized carbons (Fsp3) is 0.438. The van der Waals surface area contributed by atoms with Crippen LogP contribution in [0.3, 0.4) is 0 Å². The summed E-state index contributed by atoms with van der Waals surface area (Å²) in [5.41, 5.74) is 10.8. The third-order valence-corrected chi connectivity index (χ3v) is 3.72. The zero-order valence-electron chi connectivity index (χ0n) is 12.8. The molecule has 2 aromatic rings. The maximum atomic E-state index is 5.98. The molecule has 0 aliphatic carbocycles. The molecule has 1 unspecified atom stereocenters. The number of aryl methyl sites for hydroxylation is 3. The van der Waals surface area contributed by atoms with Crippen LogP contribution in [0.2, 0.25) is 0 Å². The van der Waals surface area contributed by atoms with Gasteiger partial charge >= 0.3 is 0 Å². The van der Waals surface area contributed by atoms with Crippen molar-refractivity contribution in [1.29, 1.82) is 0 Å². The Kier molecular flexibility index (Phi) is 4.57. The van der Waals surface area contributed by atoms with E-state index in [1.54, 1.807) is 0 Å². The van der Waals surface area contributed by atoms with Crippen molar-refractivity contribution in [3.05, 3.63) is 52.8 Å². The van der Waals surface area contributed by atoms with Crippen molar-refractivity contribution in [1.82, 2.24) is 14.7 Å². The Morgan fingerprint density at radius 3 is 2.40 bits per heavy atom. The van der Waals surface area contributed by atoms with E-state index in [1.165, 1.54) is 16.7 Å². The van der Waals surface area contributed by atoms with Gasteiger partial charge in [0, 0.05) is 31.9 Å². The van der Waals surface area contributed by atoms with Gasteiger partial charge in [0.05, 0.1) is 11.7 Å². The van der Waals surface area contributed by atoms with E-state index in [2.05, 4.69) is 54.4 Å². The highest BCUT2D eigenvalue weighted by Gasteiger charge is 2.19. The van der Waals surface area contributed by atoms with E-state index >= 15 is 0 Å². The lowest BCUT2D eigenvalue weighted by Crippen LogP contribution is -2.30. The quantitative estimate of drug-likeness (QED) is 0.907. The molecule has 1 aromatic carbocycles. The van der Waals surface area contributed by atoms with Crippen molar-refractivity contribution in [3.63, 3.8) is 0 Å². The molecule has 0 bridgehead atoms. The summed E-state index contributed by atoms with van der Waals surface area (Å²) < 4.78 is 1.85. The molecule has 2 N–H and O–H groups in total. The molecule has 0 saturated carbocycles. The minimum absolute atomic E-state index is 0.199. The van der Waals surface area contributed by atoms with E-state index in [9.17, 15) is 0 Å². The summed E-state index contributed by atoms with van der Waals surface area (Å²) in [6, 6.07) is 8.85. The minimum Gasteiger partial charge on any atom is -0.329 e. The number of nitrogens with two attached hydrogens (primary N) is 1. The van der Waals surface area contributed by atoms with Gasteiger partial charge in [0.2, 0.25) is 0 Å². The van der Waals surface area contributed by atoms with E-state index < -0.39 is 0 Å². The molecule has 0 aliphatic heterocycles. The van der Waals surface area contributed by atoms with E-state index in [0.717, 1.165) is 12.2 Å². The second-order valence-corrected chi connectivity index (χ2v) is 5.50. The van der Waals surface area contributed by atoms with Gasteiger partial charge in [-0.1, -0.05) is 29.8 Å². The second-order valence-electron chi connectivity index (χ2n) is 5.50. The topological polar surface area (TPSA) is 47.1 Å². The first-order valence-electron chi connectivity index (χ1n) is 6.97. The average molecular weight is 272 g/mol. The highest BCUT2D eigenvalue weighted by atomic mass is 15.3. The first-order chi connectivity index (χ1) is 9.51. The predicted molar refractivity (Wildman–Crippen MR) is 82.4 cm³/mol. The van der Waals surface area contributed by atoms with Gasteiger partial charge in [0.15, 0.2) is 0 Å². The number of likely N-dealkylation sites (N-methyl/N-ethyl adjacent to an activating group) is 1. The molecule has 0 fully saturated rings. The van der Waals surface area contributed by atoms with Crippen LogP contribution in [0.25, 0.3) is 0 Å². The van der Waals surface area contributed by atoms with Gasteiger partial charge in [0.25, 0.3) is 0 Å². The monoisotopic (exact) mass is 272 g/mol. The van der Waals surface area contributed by atoms with Crippen LogP contribution in [0.1, 0.15) is 28.4 Å². The molecule has 108 valence electrons. The number of hydrogen-bond acceptors (Lipinski definition) is 3. The molecule has 0 aliphatic rings. The number of benzene rings is 1. The highest BCUT2D eigenvalue weighted by Crippen LogP contribution is 2.22. The molecule has 0 radical (unpaired) electrons. The van der Waals surface area contributed by atoms with E-state index in [-0.39, 0.29) is 6.04 Å². The summed E-state index contributed by atoms with van der Waals surface area (Å²) in [5.74, 6) is 0. The van der Waals surface area contributed by atoms with E-state index in [0.29, 0.717) is 6.54 Å². The summed E-state index contributed by atoms with van der Waals surface area (Å²) in [5, 5.41) is 4.42. The van der Waals surface area contributed by atoms with Crippen molar-refractivity contribution in [2.45, 2.75) is 26.4 Å². The van der Waals surface area contributed by atoms with Crippen molar-refractivity contribution in [2.24, 2.45) is 12.8 Å². The summed E-state index contributed by atoms with van der Waals surface area (Å²) >= 11 is 0. The Bertz CT molecular complexity index is 556. The van der Waals surface area contributed by atoms with Crippen molar-refractivity contribution in [3.8, 4) is 0 Å². The van der Waals surface area contributed by atoms with Gasteiger partial charge in [-0.3, -0.25) is 9.58 Å². The number of nitrogens with zero attached hydrogens (tertiary/aromatic N) is 3. The van der Waals surface area contributed by atoms with Gasteiger partial charge in [-0.15, -0.1) is 0 Å². The average Bonchev–Trinajstić information content (AvgIpc) is 2.72. The number of hydrogen-bond donors (Lipinski definition) is 1. The van der Waals surface area contributed by atoms with Crippen LogP contribution in [-0.4, -0.2) is 28.3 Å². The van der Waals surface area contributed by atoms with Gasteiger partial charge in [-0.05, 0) is 26.5 Å². The van der Waals surface area contributed by atoms with Gasteiger partial charge in [-0.25, -0.2) is 0 Å². The molecule has 20 heavy (non-hydrogen) atoms. The number of aromatic nitrogens is 2. The lowest BCUT2D eigenvalue weighted by molar-refractivity contribution is 0.241. The largest absolute Gasteiger partial charge is 0.329 e. The maximum absolute atomic E-state index is 5.98. The second kappa shape index (κ2) is 6.20. The van der Waals surface area contributed by atoms with E-state index in [1.807, 2.05) is 18.7 Å². The third kappa shape index (κ3) is 3.26. The minimum atomic E-state index is 0.199. The van der Waals surface area contributed by atoms with Crippen LogP contribution in [0.15, 0.2) is 30.5 Å². The summed E-state index contributed by atoms with van der Waals surface area (Å²) in [6.45, 7) is 5.62. The van der Waals surface area contributed by atoms with Crippen LogP contribution in [0.5, 0.6) is 0 Å².